The lowest BCUT2D eigenvalue weighted by Crippen LogP contribution is -2.02. The smallest absolute Gasteiger partial charge is 0.0611 e. The van der Waals surface area contributed by atoms with E-state index in [2.05, 4.69) is 187 Å². The van der Waals surface area contributed by atoms with Gasteiger partial charge in [0.2, 0.25) is 0 Å². The van der Waals surface area contributed by atoms with Gasteiger partial charge in [0.25, 0.3) is 0 Å². The molecule has 2 nitrogen and oxygen atoms in total. The van der Waals surface area contributed by atoms with Gasteiger partial charge in [-0.05, 0) is 119 Å². The van der Waals surface area contributed by atoms with Crippen LogP contribution in [-0.4, -0.2) is 4.57 Å². The van der Waals surface area contributed by atoms with E-state index in [1.54, 1.807) is 0 Å². The molecule has 260 valence electrons. The summed E-state index contributed by atoms with van der Waals surface area (Å²) in [5, 5.41) is 8.72. The SMILES string of the molecule is CCCc1c(N)c2ccccc2n1-c1ccc2cc(-c3ccc4c5c(cccc35)-c3c-4c(-c4ccccc4)c4ccccc4c3-c3ccccc3)ccc2c1. The Hall–Kier alpha value is -6.90. The molecule has 11 rings (SSSR count). The quantitative estimate of drug-likeness (QED) is 0.184. The predicted octanol–water partition coefficient (Wildman–Crippen LogP) is 14.3. The average molecular weight is 703 g/mol. The fourth-order valence-electron chi connectivity index (χ4n) is 9.50. The van der Waals surface area contributed by atoms with Crippen LogP contribution in [0.25, 0.3) is 105 Å². The molecular formula is C53H38N2. The van der Waals surface area contributed by atoms with Crippen molar-refractivity contribution in [2.45, 2.75) is 19.8 Å². The molecule has 10 aromatic rings. The van der Waals surface area contributed by atoms with Gasteiger partial charge in [-0.1, -0.05) is 165 Å². The normalized spacial score (nSPS) is 11.9. The second-order valence-electron chi connectivity index (χ2n) is 14.9. The molecule has 1 heterocycles. The molecule has 1 aromatic heterocycles. The third-order valence-electron chi connectivity index (χ3n) is 11.8. The van der Waals surface area contributed by atoms with E-state index in [9.17, 15) is 0 Å². The van der Waals surface area contributed by atoms with E-state index >= 15 is 0 Å². The molecule has 0 unspecified atom stereocenters. The topological polar surface area (TPSA) is 30.9 Å². The number of benzene rings is 9. The zero-order chi connectivity index (χ0) is 36.6. The van der Waals surface area contributed by atoms with Crippen molar-refractivity contribution in [3.8, 4) is 61.3 Å². The minimum atomic E-state index is 0.891. The number of nitrogens with two attached hydrogens (primary N) is 1. The molecule has 1 aliphatic carbocycles. The second-order valence-corrected chi connectivity index (χ2v) is 14.9. The van der Waals surface area contributed by atoms with Crippen LogP contribution in [0.2, 0.25) is 0 Å². The minimum Gasteiger partial charge on any atom is -0.397 e. The summed E-state index contributed by atoms with van der Waals surface area (Å²) in [5.41, 5.74) is 23.9. The van der Waals surface area contributed by atoms with Gasteiger partial charge in [-0.15, -0.1) is 0 Å². The number of hydrogen-bond acceptors (Lipinski definition) is 1. The van der Waals surface area contributed by atoms with Gasteiger partial charge in [0, 0.05) is 16.8 Å². The highest BCUT2D eigenvalue weighted by atomic mass is 15.0. The highest BCUT2D eigenvalue weighted by Crippen LogP contribution is 2.58. The van der Waals surface area contributed by atoms with E-state index in [1.165, 1.54) is 93.6 Å². The first-order chi connectivity index (χ1) is 27.2. The first-order valence-corrected chi connectivity index (χ1v) is 19.4. The summed E-state index contributed by atoms with van der Waals surface area (Å²) in [5.74, 6) is 0. The molecule has 0 aliphatic heterocycles. The third-order valence-corrected chi connectivity index (χ3v) is 11.8. The van der Waals surface area contributed by atoms with Gasteiger partial charge in [-0.3, -0.25) is 0 Å². The molecule has 0 bridgehead atoms. The second kappa shape index (κ2) is 12.3. The lowest BCUT2D eigenvalue weighted by molar-refractivity contribution is 0.857. The minimum absolute atomic E-state index is 0.891. The molecule has 0 saturated carbocycles. The fraction of sp³-hybridized carbons (Fsp3) is 0.0566. The Balaban J connectivity index is 1.12. The monoisotopic (exact) mass is 702 g/mol. The first kappa shape index (κ1) is 31.6. The van der Waals surface area contributed by atoms with Crippen molar-refractivity contribution in [3.05, 3.63) is 182 Å². The number of nitrogen functional groups attached to an aromatic ring is 1. The van der Waals surface area contributed by atoms with Gasteiger partial charge in [0.15, 0.2) is 0 Å². The Morgan fingerprint density at radius 3 is 1.69 bits per heavy atom. The Labute approximate surface area is 320 Å². The number of anilines is 1. The van der Waals surface area contributed by atoms with E-state index in [1.807, 2.05) is 0 Å². The van der Waals surface area contributed by atoms with Gasteiger partial charge in [0.05, 0.1) is 11.2 Å². The van der Waals surface area contributed by atoms with Gasteiger partial charge in [-0.2, -0.15) is 0 Å². The van der Waals surface area contributed by atoms with Crippen molar-refractivity contribution in [3.63, 3.8) is 0 Å². The van der Waals surface area contributed by atoms with Crippen LogP contribution < -0.4 is 5.73 Å². The summed E-state index contributed by atoms with van der Waals surface area (Å²) in [6.45, 7) is 2.22. The Kier molecular flexibility index (Phi) is 7.09. The molecule has 0 amide bonds. The van der Waals surface area contributed by atoms with E-state index in [-0.39, 0.29) is 0 Å². The van der Waals surface area contributed by atoms with Crippen molar-refractivity contribution >= 4 is 48.9 Å². The van der Waals surface area contributed by atoms with E-state index in [0.717, 1.165) is 35.1 Å². The Bertz CT molecular complexity index is 3060. The molecule has 0 saturated heterocycles. The largest absolute Gasteiger partial charge is 0.397 e. The van der Waals surface area contributed by atoms with Crippen molar-refractivity contribution < 1.29 is 0 Å². The molecule has 2 N–H and O–H groups in total. The Morgan fingerprint density at radius 2 is 1.00 bits per heavy atom. The van der Waals surface area contributed by atoms with E-state index in [0.29, 0.717) is 0 Å². The van der Waals surface area contributed by atoms with Crippen LogP contribution in [0.1, 0.15) is 19.0 Å². The molecule has 55 heavy (non-hydrogen) atoms. The summed E-state index contributed by atoms with van der Waals surface area (Å²) in [6.07, 6.45) is 1.97. The van der Waals surface area contributed by atoms with Crippen molar-refractivity contribution in [1.29, 1.82) is 0 Å². The standard InChI is InChI=1S/C53H38N2/c1-2-14-47-53(54)43-21-11-12-24-46(43)55(47)38-28-27-35-31-37(26-25-36(35)32-38)39-29-30-45-50-40(39)22-13-23-44(50)51-48(33-15-5-3-6-16-33)41-19-9-10-20-42(41)49(52(45)51)34-17-7-4-8-18-34/h3-13,15-32H,2,14,54H2,1H3. The van der Waals surface area contributed by atoms with E-state index < -0.39 is 0 Å². The average Bonchev–Trinajstić information content (AvgIpc) is 3.72. The summed E-state index contributed by atoms with van der Waals surface area (Å²) in [4.78, 5) is 0. The van der Waals surface area contributed by atoms with E-state index in [4.69, 9.17) is 5.73 Å². The van der Waals surface area contributed by atoms with Gasteiger partial charge < -0.3 is 10.3 Å². The van der Waals surface area contributed by atoms with Crippen LogP contribution in [0.5, 0.6) is 0 Å². The highest BCUT2D eigenvalue weighted by Gasteiger charge is 2.31. The summed E-state index contributed by atoms with van der Waals surface area (Å²) >= 11 is 0. The van der Waals surface area contributed by atoms with Crippen LogP contribution >= 0.6 is 0 Å². The molecule has 1 aliphatic rings. The van der Waals surface area contributed by atoms with Gasteiger partial charge in [-0.25, -0.2) is 0 Å². The lowest BCUT2D eigenvalue weighted by Gasteiger charge is -2.20. The summed E-state index contributed by atoms with van der Waals surface area (Å²) in [6, 6.07) is 64.8. The molecule has 0 atom stereocenters. The van der Waals surface area contributed by atoms with Crippen LogP contribution in [0, 0.1) is 0 Å². The van der Waals surface area contributed by atoms with Gasteiger partial charge in [0.1, 0.15) is 0 Å². The number of aromatic nitrogens is 1. The maximum absolute atomic E-state index is 6.74. The Morgan fingerprint density at radius 1 is 0.436 bits per heavy atom. The molecule has 2 heteroatoms. The molecule has 0 radical (unpaired) electrons. The van der Waals surface area contributed by atoms with Gasteiger partial charge >= 0.3 is 0 Å². The fourth-order valence-corrected chi connectivity index (χ4v) is 9.50. The first-order valence-electron chi connectivity index (χ1n) is 19.4. The summed E-state index contributed by atoms with van der Waals surface area (Å²) in [7, 11) is 0. The predicted molar refractivity (Wildman–Crippen MR) is 235 cm³/mol. The van der Waals surface area contributed by atoms with Crippen LogP contribution in [0.3, 0.4) is 0 Å². The third kappa shape index (κ3) is 4.68. The van der Waals surface area contributed by atoms with Crippen LogP contribution in [0.4, 0.5) is 5.69 Å². The summed E-state index contributed by atoms with van der Waals surface area (Å²) < 4.78 is 2.36. The van der Waals surface area contributed by atoms with Crippen molar-refractivity contribution in [2.75, 3.05) is 5.73 Å². The van der Waals surface area contributed by atoms with Crippen molar-refractivity contribution in [1.82, 2.24) is 4.57 Å². The number of para-hydroxylation sites is 1. The number of nitrogens with zero attached hydrogens (tertiary/aromatic N) is 1. The molecule has 0 spiro atoms. The highest BCUT2D eigenvalue weighted by molar-refractivity contribution is 6.28. The zero-order valence-corrected chi connectivity index (χ0v) is 30.7. The maximum Gasteiger partial charge on any atom is 0.0611 e. The zero-order valence-electron chi connectivity index (χ0n) is 30.7. The van der Waals surface area contributed by atoms with Crippen LogP contribution in [-0.2, 0) is 6.42 Å². The van der Waals surface area contributed by atoms with Crippen LogP contribution in [0.15, 0.2) is 176 Å². The lowest BCUT2D eigenvalue weighted by atomic mass is 9.82. The number of fused-ring (bicyclic) bond motifs is 6. The number of hydrogen-bond donors (Lipinski definition) is 1. The van der Waals surface area contributed by atoms with Crippen molar-refractivity contribution in [2.24, 2.45) is 0 Å². The molecular weight excluding hydrogens is 665 g/mol. The number of rotatable bonds is 6. The molecule has 9 aromatic carbocycles. The maximum atomic E-state index is 6.74. The molecule has 0 fully saturated rings.